The van der Waals surface area contributed by atoms with Crippen LogP contribution in [0.4, 0.5) is 10.5 Å². The molecule has 0 saturated carbocycles. The van der Waals surface area contributed by atoms with Crippen LogP contribution in [0.25, 0.3) is 0 Å². The van der Waals surface area contributed by atoms with E-state index in [1.165, 1.54) is 0 Å². The predicted molar refractivity (Wildman–Crippen MR) is 122 cm³/mol. The van der Waals surface area contributed by atoms with E-state index in [2.05, 4.69) is 10.6 Å². The minimum Gasteiger partial charge on any atom is -0.493 e. The molecule has 8 heteroatoms. The molecule has 0 aromatic heterocycles. The normalized spacial score (nSPS) is 17.7. The van der Waals surface area contributed by atoms with Gasteiger partial charge in [-0.15, -0.1) is 0 Å². The number of nitrogens with zero attached hydrogens (tertiary/aromatic N) is 1. The number of likely N-dealkylation sites (tertiary alicyclic amines) is 1. The molecule has 32 heavy (non-hydrogen) atoms. The molecule has 172 valence electrons. The van der Waals surface area contributed by atoms with Gasteiger partial charge in [0.25, 0.3) is 0 Å². The first-order chi connectivity index (χ1) is 15.5. The highest BCUT2D eigenvalue weighted by molar-refractivity contribution is 5.91. The fraction of sp³-hybridized carbons (Fsp3) is 0.417. The number of rotatable bonds is 8. The molecule has 3 amide bonds. The number of benzene rings is 2. The lowest BCUT2D eigenvalue weighted by molar-refractivity contribution is -0.125. The van der Waals surface area contributed by atoms with Gasteiger partial charge < -0.3 is 29.7 Å². The Kier molecular flexibility index (Phi) is 7.94. The van der Waals surface area contributed by atoms with E-state index in [4.69, 9.17) is 14.2 Å². The summed E-state index contributed by atoms with van der Waals surface area (Å²) in [5.74, 6) is 0.368. The molecule has 1 fully saturated rings. The molecular weight excluding hydrogens is 410 g/mol. The van der Waals surface area contributed by atoms with Crippen LogP contribution in [0.15, 0.2) is 42.5 Å². The van der Waals surface area contributed by atoms with Crippen molar-refractivity contribution in [2.24, 2.45) is 5.92 Å². The van der Waals surface area contributed by atoms with Crippen LogP contribution in [0.3, 0.4) is 0 Å². The van der Waals surface area contributed by atoms with Gasteiger partial charge >= 0.3 is 6.03 Å². The maximum Gasteiger partial charge on any atom is 0.321 e. The average molecular weight is 442 g/mol. The monoisotopic (exact) mass is 441 g/mol. The third-order valence-corrected chi connectivity index (χ3v) is 5.68. The second-order valence-corrected chi connectivity index (χ2v) is 7.78. The van der Waals surface area contributed by atoms with Crippen LogP contribution in [-0.4, -0.2) is 64.4 Å². The zero-order chi connectivity index (χ0) is 23.1. The Morgan fingerprint density at radius 2 is 1.78 bits per heavy atom. The molecule has 0 bridgehead atoms. The van der Waals surface area contributed by atoms with E-state index in [-0.39, 0.29) is 17.9 Å². The zero-order valence-electron chi connectivity index (χ0n) is 19.0. The van der Waals surface area contributed by atoms with Gasteiger partial charge in [-0.2, -0.15) is 0 Å². The van der Waals surface area contributed by atoms with Gasteiger partial charge in [0.2, 0.25) is 5.91 Å². The summed E-state index contributed by atoms with van der Waals surface area (Å²) in [5.41, 5.74) is 2.66. The van der Waals surface area contributed by atoms with Crippen molar-refractivity contribution in [2.45, 2.75) is 12.8 Å². The van der Waals surface area contributed by atoms with Crippen molar-refractivity contribution in [3.05, 3.63) is 53.6 Å². The smallest absolute Gasteiger partial charge is 0.321 e. The van der Waals surface area contributed by atoms with Crippen LogP contribution in [0.1, 0.15) is 17.0 Å². The van der Waals surface area contributed by atoms with Crippen LogP contribution in [0.5, 0.6) is 11.5 Å². The van der Waals surface area contributed by atoms with E-state index < -0.39 is 5.92 Å². The third kappa shape index (κ3) is 5.31. The van der Waals surface area contributed by atoms with Gasteiger partial charge in [-0.05, 0) is 25.1 Å². The Hall–Kier alpha value is -3.26. The first-order valence-corrected chi connectivity index (χ1v) is 10.6. The van der Waals surface area contributed by atoms with Crippen LogP contribution < -0.4 is 20.1 Å². The maximum atomic E-state index is 13.0. The standard InChI is InChI=1S/C24H31N3O5/c1-16-8-10-17(11-9-16)26-24(29)27-14-19(20(15-27)23(28)25-12-13-30-2)18-6-5-7-21(31-3)22(18)32-4/h5-11,19-20H,12-15H2,1-4H3,(H,25,28)(H,26,29). The number of anilines is 1. The number of ether oxygens (including phenoxy) is 3. The molecule has 0 radical (unpaired) electrons. The first-order valence-electron chi connectivity index (χ1n) is 10.6. The molecule has 1 saturated heterocycles. The second kappa shape index (κ2) is 10.9. The van der Waals surface area contributed by atoms with Gasteiger partial charge in [-0.3, -0.25) is 4.79 Å². The molecule has 0 spiro atoms. The van der Waals surface area contributed by atoms with Crippen molar-refractivity contribution in [1.82, 2.24) is 10.2 Å². The molecular formula is C24H31N3O5. The Morgan fingerprint density at radius 1 is 1.03 bits per heavy atom. The topological polar surface area (TPSA) is 89.1 Å². The average Bonchev–Trinajstić information content (AvgIpc) is 3.25. The summed E-state index contributed by atoms with van der Waals surface area (Å²) in [6, 6.07) is 13.0. The van der Waals surface area contributed by atoms with E-state index in [1.54, 1.807) is 26.2 Å². The van der Waals surface area contributed by atoms with Crippen LogP contribution in [0, 0.1) is 12.8 Å². The Labute approximate surface area is 188 Å². The van der Waals surface area contributed by atoms with Gasteiger partial charge in [0.1, 0.15) is 0 Å². The first kappa shape index (κ1) is 23.4. The Morgan fingerprint density at radius 3 is 2.44 bits per heavy atom. The van der Waals surface area contributed by atoms with E-state index in [0.717, 1.165) is 11.1 Å². The van der Waals surface area contributed by atoms with Gasteiger partial charge in [0, 0.05) is 43.9 Å². The predicted octanol–water partition coefficient (Wildman–Crippen LogP) is 3.02. The molecule has 0 aliphatic carbocycles. The van der Waals surface area contributed by atoms with Crippen molar-refractivity contribution in [1.29, 1.82) is 0 Å². The minimum absolute atomic E-state index is 0.123. The minimum atomic E-state index is -0.434. The van der Waals surface area contributed by atoms with Gasteiger partial charge in [-0.25, -0.2) is 4.79 Å². The highest BCUT2D eigenvalue weighted by Crippen LogP contribution is 2.42. The number of carbonyl (C=O) groups is 2. The molecule has 8 nitrogen and oxygen atoms in total. The van der Waals surface area contributed by atoms with Crippen molar-refractivity contribution in [3.63, 3.8) is 0 Å². The number of carbonyl (C=O) groups excluding carboxylic acids is 2. The van der Waals surface area contributed by atoms with Crippen LogP contribution in [0.2, 0.25) is 0 Å². The molecule has 1 aliphatic rings. The summed E-state index contributed by atoms with van der Waals surface area (Å²) >= 11 is 0. The SMILES string of the molecule is COCCNC(=O)C1CN(C(=O)Nc2ccc(C)cc2)CC1c1cccc(OC)c1OC. The number of methoxy groups -OCH3 is 3. The largest absolute Gasteiger partial charge is 0.493 e. The number of amides is 3. The van der Waals surface area contributed by atoms with Gasteiger partial charge in [0.15, 0.2) is 11.5 Å². The Balaban J connectivity index is 1.85. The van der Waals surface area contributed by atoms with E-state index in [9.17, 15) is 9.59 Å². The van der Waals surface area contributed by atoms with Gasteiger partial charge in [0.05, 0.1) is 26.7 Å². The molecule has 1 heterocycles. The Bertz CT molecular complexity index is 932. The number of hydrogen-bond acceptors (Lipinski definition) is 5. The highest BCUT2D eigenvalue weighted by Gasteiger charge is 2.42. The summed E-state index contributed by atoms with van der Waals surface area (Å²) in [5, 5.41) is 5.84. The summed E-state index contributed by atoms with van der Waals surface area (Å²) in [7, 11) is 4.74. The molecule has 2 N–H and O–H groups in total. The summed E-state index contributed by atoms with van der Waals surface area (Å²) < 4.78 is 16.1. The zero-order valence-corrected chi connectivity index (χ0v) is 19.0. The fourth-order valence-corrected chi connectivity index (χ4v) is 4.00. The van der Waals surface area contributed by atoms with Crippen LogP contribution in [-0.2, 0) is 9.53 Å². The third-order valence-electron chi connectivity index (χ3n) is 5.68. The summed E-state index contributed by atoms with van der Waals surface area (Å²) in [4.78, 5) is 27.7. The molecule has 2 aromatic carbocycles. The number of para-hydroxylation sites is 1. The molecule has 1 aliphatic heterocycles. The number of hydrogen-bond donors (Lipinski definition) is 2. The van der Waals surface area contributed by atoms with Crippen molar-refractivity contribution >= 4 is 17.6 Å². The molecule has 2 atom stereocenters. The summed E-state index contributed by atoms with van der Waals surface area (Å²) in [6.07, 6.45) is 0. The lowest BCUT2D eigenvalue weighted by Gasteiger charge is -2.21. The molecule has 2 unspecified atom stereocenters. The van der Waals surface area contributed by atoms with E-state index >= 15 is 0 Å². The second-order valence-electron chi connectivity index (χ2n) is 7.78. The lowest BCUT2D eigenvalue weighted by atomic mass is 9.87. The van der Waals surface area contributed by atoms with Crippen LogP contribution >= 0.6 is 0 Å². The van der Waals surface area contributed by atoms with Crippen molar-refractivity contribution in [2.75, 3.05) is 52.9 Å². The number of urea groups is 1. The lowest BCUT2D eigenvalue weighted by Crippen LogP contribution is -2.38. The number of nitrogens with one attached hydrogen (secondary N) is 2. The highest BCUT2D eigenvalue weighted by atomic mass is 16.5. The fourth-order valence-electron chi connectivity index (χ4n) is 4.00. The number of aryl methyl sites for hydroxylation is 1. The molecule has 2 aromatic rings. The van der Waals surface area contributed by atoms with E-state index in [1.807, 2.05) is 49.4 Å². The molecule has 3 rings (SSSR count). The quantitative estimate of drug-likeness (QED) is 0.615. The van der Waals surface area contributed by atoms with Crippen molar-refractivity contribution < 1.29 is 23.8 Å². The van der Waals surface area contributed by atoms with Crippen molar-refractivity contribution in [3.8, 4) is 11.5 Å². The summed E-state index contributed by atoms with van der Waals surface area (Å²) in [6.45, 7) is 3.49. The van der Waals surface area contributed by atoms with Gasteiger partial charge in [-0.1, -0.05) is 29.8 Å². The maximum absolute atomic E-state index is 13.0. The van der Waals surface area contributed by atoms with E-state index in [0.29, 0.717) is 43.4 Å².